The van der Waals surface area contributed by atoms with Crippen LogP contribution in [0.4, 0.5) is 0 Å². The monoisotopic (exact) mass is 758 g/mol. The van der Waals surface area contributed by atoms with Crippen molar-refractivity contribution in [1.29, 1.82) is 0 Å². The zero-order valence-corrected chi connectivity index (χ0v) is 33.7. The zero-order chi connectivity index (χ0) is 39.6. The minimum atomic E-state index is -0.745. The Balaban J connectivity index is 0.000000217. The number of hydrogen-bond acceptors (Lipinski definition) is 9. The third-order valence-electron chi connectivity index (χ3n) is 13.1. The Morgan fingerprint density at radius 3 is 1.63 bits per heavy atom. The molecule has 2 spiro atoms. The molecule has 10 heteroatoms. The molecule has 54 heavy (non-hydrogen) atoms. The van der Waals surface area contributed by atoms with Crippen molar-refractivity contribution in [3.63, 3.8) is 0 Å². The van der Waals surface area contributed by atoms with E-state index >= 15 is 0 Å². The number of ether oxygens (including phenoxy) is 6. The van der Waals surface area contributed by atoms with Crippen LogP contribution >= 0.6 is 0 Å². The van der Waals surface area contributed by atoms with Crippen molar-refractivity contribution in [2.24, 2.45) is 34.5 Å². The average Bonchev–Trinajstić information content (AvgIpc) is 3.93. The Morgan fingerprint density at radius 1 is 0.778 bits per heavy atom. The van der Waals surface area contributed by atoms with Crippen LogP contribution in [-0.4, -0.2) is 86.1 Å². The van der Waals surface area contributed by atoms with Gasteiger partial charge < -0.3 is 38.6 Å². The number of allylic oxidation sites excluding steroid dienone is 2. The molecule has 4 saturated carbocycles. The highest BCUT2D eigenvalue weighted by molar-refractivity contribution is 5.71. The summed E-state index contributed by atoms with van der Waals surface area (Å²) in [4.78, 5) is 21.6. The lowest BCUT2D eigenvalue weighted by molar-refractivity contribution is -0.227. The molecule has 0 amide bonds. The summed E-state index contributed by atoms with van der Waals surface area (Å²) < 4.78 is 35.6. The summed E-state index contributed by atoms with van der Waals surface area (Å²) in [6.45, 7) is 24.3. The molecule has 2 heterocycles. The Bertz CT molecular complexity index is 1300. The van der Waals surface area contributed by atoms with E-state index in [1.807, 2.05) is 19.9 Å². The number of carbonyl (C=O) groups excluding carboxylic acids is 1. The summed E-state index contributed by atoms with van der Waals surface area (Å²) in [5.41, 5.74) is 2.39. The molecule has 6 aliphatic rings. The van der Waals surface area contributed by atoms with Gasteiger partial charge in [0.25, 0.3) is 0 Å². The summed E-state index contributed by atoms with van der Waals surface area (Å²) in [6, 6.07) is 0. The number of aliphatic hydroxyl groups excluding tert-OH is 1. The first kappa shape index (κ1) is 44.4. The Kier molecular flexibility index (Phi) is 16.2. The Hall–Kier alpha value is -2.34. The van der Waals surface area contributed by atoms with Crippen LogP contribution in [0, 0.1) is 34.5 Å². The average molecular weight is 759 g/mol. The molecule has 0 bridgehead atoms. The molecule has 2 N–H and O–H groups in total. The second kappa shape index (κ2) is 19.7. The zero-order valence-electron chi connectivity index (χ0n) is 33.7. The molecule has 0 aromatic rings. The smallest absolute Gasteiger partial charge is 0.332 e. The fraction of sp³-hybridized carbons (Fsp3) is 0.773. The first-order chi connectivity index (χ1) is 25.8. The molecule has 0 radical (unpaired) electrons. The number of methoxy groups -OCH3 is 1. The number of esters is 1. The van der Waals surface area contributed by atoms with Gasteiger partial charge in [0.2, 0.25) is 0 Å². The highest BCUT2D eigenvalue weighted by Gasteiger charge is 2.65. The van der Waals surface area contributed by atoms with E-state index in [1.165, 1.54) is 20.0 Å². The van der Waals surface area contributed by atoms with E-state index in [0.717, 1.165) is 75.4 Å². The van der Waals surface area contributed by atoms with Crippen LogP contribution in [0.5, 0.6) is 0 Å². The van der Waals surface area contributed by atoms with Crippen LogP contribution < -0.4 is 0 Å². The van der Waals surface area contributed by atoms with Gasteiger partial charge in [-0.1, -0.05) is 43.1 Å². The standard InChI is InChI=1S/C22H34O5.C19H30O3.C3H6O2/c1-5-8-21-9-6-7-17(18(14-16(2)3)27-19(23)15-24-4)20(21)22(11-10-21)25-12-13-26-22;1-4-7-18-8-5-6-15(16(20)13-14(2)3)17(18)19(10-9-18)21-11-12-22-19;1-2-3(4)5/h5,17-18,20H,1-2,6-15H2,3-4H3;4,15-17,20H,1-2,5-13H2,3H3;2H2,1H3,(H,4,5)/t17?,18-,20?,21?;15?,16-,17?,18?;/m00./s1. The van der Waals surface area contributed by atoms with E-state index in [-0.39, 0.29) is 65.7 Å². The fourth-order valence-corrected chi connectivity index (χ4v) is 11.3. The highest BCUT2D eigenvalue weighted by Crippen LogP contribution is 2.65. The van der Waals surface area contributed by atoms with Crippen molar-refractivity contribution >= 4 is 11.9 Å². The second-order valence-electron chi connectivity index (χ2n) is 16.9. The van der Waals surface area contributed by atoms with Crippen molar-refractivity contribution in [3.05, 3.63) is 49.6 Å². The number of hydrogen-bond donors (Lipinski definition) is 2. The molecule has 4 aliphatic carbocycles. The van der Waals surface area contributed by atoms with E-state index in [1.54, 1.807) is 6.92 Å². The minimum Gasteiger partial charge on any atom is -0.481 e. The van der Waals surface area contributed by atoms with Gasteiger partial charge in [0.05, 0.1) is 32.5 Å². The molecule has 306 valence electrons. The molecule has 0 aromatic heterocycles. The number of carboxylic acids is 1. The van der Waals surface area contributed by atoms with E-state index in [0.29, 0.717) is 39.3 Å². The quantitative estimate of drug-likeness (QED) is 0.132. The molecular formula is C44H70O10. The van der Waals surface area contributed by atoms with Gasteiger partial charge in [0.1, 0.15) is 12.7 Å². The third kappa shape index (κ3) is 9.96. The van der Waals surface area contributed by atoms with E-state index < -0.39 is 17.5 Å². The first-order valence-corrected chi connectivity index (χ1v) is 20.4. The van der Waals surface area contributed by atoms with Gasteiger partial charge in [-0.05, 0) is 88.4 Å². The van der Waals surface area contributed by atoms with Crippen LogP contribution in [0.25, 0.3) is 0 Å². The topological polar surface area (TPSA) is 130 Å². The van der Waals surface area contributed by atoms with Crippen molar-refractivity contribution < 1.29 is 48.2 Å². The molecule has 0 aromatic carbocycles. The molecular weight excluding hydrogens is 688 g/mol. The molecule has 6 rings (SSSR count). The number of aliphatic carboxylic acids is 1. The number of fused-ring (bicyclic) bond motifs is 4. The lowest BCUT2D eigenvalue weighted by Crippen LogP contribution is -2.51. The van der Waals surface area contributed by atoms with Crippen molar-refractivity contribution in [3.8, 4) is 0 Å². The number of carboxylic acid groups (broad SMARTS) is 1. The second-order valence-corrected chi connectivity index (χ2v) is 16.9. The Morgan fingerprint density at radius 2 is 1.22 bits per heavy atom. The fourth-order valence-electron chi connectivity index (χ4n) is 11.3. The van der Waals surface area contributed by atoms with Crippen LogP contribution in [-0.2, 0) is 38.0 Å². The van der Waals surface area contributed by atoms with E-state index in [4.69, 9.17) is 33.5 Å². The number of rotatable bonds is 14. The highest BCUT2D eigenvalue weighted by atomic mass is 16.7. The third-order valence-corrected chi connectivity index (χ3v) is 13.1. The van der Waals surface area contributed by atoms with Crippen molar-refractivity contribution in [2.75, 3.05) is 40.1 Å². The summed E-state index contributed by atoms with van der Waals surface area (Å²) in [5.74, 6) is -1.13. The number of aliphatic hydroxyl groups is 1. The summed E-state index contributed by atoms with van der Waals surface area (Å²) in [7, 11) is 1.51. The van der Waals surface area contributed by atoms with Gasteiger partial charge >= 0.3 is 11.9 Å². The van der Waals surface area contributed by atoms with Gasteiger partial charge in [-0.2, -0.15) is 0 Å². The lowest BCUT2D eigenvalue weighted by atomic mass is 9.59. The summed E-state index contributed by atoms with van der Waals surface area (Å²) in [5, 5.41) is 18.5. The Labute approximate surface area is 324 Å². The molecule has 8 atom stereocenters. The SMILES string of the molecule is C=CCC12CCCC([C@@H](O)CC(=C)C)C1C1(CC2)OCCO1.C=CCC12CCCC([C@H](CC(=C)C)OC(=O)COC)C1C1(CC2)OCCO1.CCC(=O)O. The van der Waals surface area contributed by atoms with Crippen molar-refractivity contribution in [2.45, 2.75) is 141 Å². The van der Waals surface area contributed by atoms with E-state index in [9.17, 15) is 14.7 Å². The predicted molar refractivity (Wildman–Crippen MR) is 208 cm³/mol. The summed E-state index contributed by atoms with van der Waals surface area (Å²) >= 11 is 0. The minimum absolute atomic E-state index is 0.0278. The molecule has 6 unspecified atom stereocenters. The largest absolute Gasteiger partial charge is 0.481 e. The van der Waals surface area contributed by atoms with Gasteiger partial charge in [-0.25, -0.2) is 4.79 Å². The normalized spacial score (nSPS) is 32.5. The van der Waals surface area contributed by atoms with Gasteiger partial charge in [0, 0.05) is 50.5 Å². The van der Waals surface area contributed by atoms with E-state index in [2.05, 4.69) is 32.4 Å². The molecule has 10 nitrogen and oxygen atoms in total. The van der Waals surface area contributed by atoms with Crippen LogP contribution in [0.1, 0.15) is 117 Å². The maximum Gasteiger partial charge on any atom is 0.332 e. The lowest BCUT2D eigenvalue weighted by Gasteiger charge is -2.50. The maximum atomic E-state index is 12.2. The van der Waals surface area contributed by atoms with Gasteiger partial charge in [-0.3, -0.25) is 4.79 Å². The first-order valence-electron chi connectivity index (χ1n) is 20.4. The van der Waals surface area contributed by atoms with Crippen LogP contribution in [0.2, 0.25) is 0 Å². The maximum absolute atomic E-state index is 12.2. The van der Waals surface area contributed by atoms with Gasteiger partial charge in [-0.15, -0.1) is 26.3 Å². The van der Waals surface area contributed by atoms with Gasteiger partial charge in [0.15, 0.2) is 11.6 Å². The molecule has 2 saturated heterocycles. The van der Waals surface area contributed by atoms with Crippen LogP contribution in [0.3, 0.4) is 0 Å². The predicted octanol–water partition coefficient (Wildman–Crippen LogP) is 8.34. The van der Waals surface area contributed by atoms with Crippen LogP contribution in [0.15, 0.2) is 49.6 Å². The van der Waals surface area contributed by atoms with Crippen molar-refractivity contribution in [1.82, 2.24) is 0 Å². The molecule has 6 fully saturated rings. The number of carbonyl (C=O) groups is 2. The summed E-state index contributed by atoms with van der Waals surface area (Å²) in [6.07, 6.45) is 17.9. The molecule has 2 aliphatic heterocycles.